The lowest BCUT2D eigenvalue weighted by atomic mass is 10.1. The average molecular weight is 267 g/mol. The highest BCUT2D eigenvalue weighted by molar-refractivity contribution is 5.95. The molecule has 0 aliphatic rings. The first-order valence-electron chi connectivity index (χ1n) is 6.98. The third-order valence-electron chi connectivity index (χ3n) is 3.46. The van der Waals surface area contributed by atoms with E-state index in [0.717, 1.165) is 29.6 Å². The van der Waals surface area contributed by atoms with E-state index in [2.05, 4.69) is 11.9 Å². The Morgan fingerprint density at radius 2 is 1.85 bits per heavy atom. The highest BCUT2D eigenvalue weighted by Gasteiger charge is 2.08. The number of nitrogens with one attached hydrogen (secondary N) is 1. The maximum Gasteiger partial charge on any atom is 0.197 e. The van der Waals surface area contributed by atoms with Gasteiger partial charge in [0.2, 0.25) is 0 Å². The third kappa shape index (κ3) is 2.16. The molecule has 0 unspecified atom stereocenters. The van der Waals surface area contributed by atoms with Crippen molar-refractivity contribution in [1.29, 1.82) is 0 Å². The molecule has 0 aliphatic heterocycles. The van der Waals surface area contributed by atoms with Gasteiger partial charge in [-0.3, -0.25) is 4.79 Å². The molecule has 0 saturated carbocycles. The van der Waals surface area contributed by atoms with E-state index in [1.54, 1.807) is 0 Å². The second kappa shape index (κ2) is 5.37. The SMILES string of the molecule is CCCCOc1cccc2c(=O)c3ccccc3[nH]c12. The molecule has 3 heteroatoms. The van der Waals surface area contributed by atoms with Crippen molar-refractivity contribution in [2.75, 3.05) is 6.61 Å². The Balaban J connectivity index is 2.21. The molecule has 102 valence electrons. The Morgan fingerprint density at radius 1 is 1.05 bits per heavy atom. The minimum atomic E-state index is 0.0512. The van der Waals surface area contributed by atoms with E-state index < -0.39 is 0 Å². The highest BCUT2D eigenvalue weighted by atomic mass is 16.5. The second-order valence-electron chi connectivity index (χ2n) is 4.88. The van der Waals surface area contributed by atoms with Crippen molar-refractivity contribution in [3.8, 4) is 5.75 Å². The van der Waals surface area contributed by atoms with Gasteiger partial charge < -0.3 is 9.72 Å². The van der Waals surface area contributed by atoms with Crippen LogP contribution < -0.4 is 10.2 Å². The first-order chi connectivity index (χ1) is 9.81. The quantitative estimate of drug-likeness (QED) is 0.576. The Bertz CT molecular complexity index is 805. The molecule has 0 bridgehead atoms. The van der Waals surface area contributed by atoms with Crippen LogP contribution in [0.25, 0.3) is 21.8 Å². The van der Waals surface area contributed by atoms with Crippen molar-refractivity contribution in [1.82, 2.24) is 4.98 Å². The van der Waals surface area contributed by atoms with Crippen LogP contribution in [0.1, 0.15) is 19.8 Å². The van der Waals surface area contributed by atoms with Crippen molar-refractivity contribution in [2.45, 2.75) is 19.8 Å². The van der Waals surface area contributed by atoms with Crippen LogP contribution in [0, 0.1) is 0 Å². The molecule has 0 aliphatic carbocycles. The van der Waals surface area contributed by atoms with E-state index in [-0.39, 0.29) is 5.43 Å². The normalized spacial score (nSPS) is 11.1. The standard InChI is InChI=1S/C17H17NO2/c1-2-3-11-20-15-10-6-8-13-16(15)18-14-9-5-4-7-12(14)17(13)19/h4-10H,2-3,11H2,1H3,(H,18,19). The van der Waals surface area contributed by atoms with E-state index in [1.807, 2.05) is 42.5 Å². The van der Waals surface area contributed by atoms with Gasteiger partial charge in [0, 0.05) is 16.3 Å². The summed E-state index contributed by atoms with van der Waals surface area (Å²) in [5.74, 6) is 0.749. The fraction of sp³-hybridized carbons (Fsp3) is 0.235. The molecule has 0 atom stereocenters. The fourth-order valence-corrected chi connectivity index (χ4v) is 2.37. The van der Waals surface area contributed by atoms with Crippen molar-refractivity contribution in [3.05, 3.63) is 52.7 Å². The summed E-state index contributed by atoms with van der Waals surface area (Å²) in [6, 6.07) is 13.2. The van der Waals surface area contributed by atoms with Gasteiger partial charge in [0.05, 0.1) is 12.1 Å². The number of aromatic nitrogens is 1. The zero-order valence-corrected chi connectivity index (χ0v) is 11.5. The number of H-pyrrole nitrogens is 1. The van der Waals surface area contributed by atoms with Crippen molar-refractivity contribution >= 4 is 21.8 Å². The average Bonchev–Trinajstić information content (AvgIpc) is 2.48. The number of pyridine rings is 1. The number of fused-ring (bicyclic) bond motifs is 2. The molecule has 20 heavy (non-hydrogen) atoms. The number of ether oxygens (including phenoxy) is 1. The predicted octanol–water partition coefficient (Wildman–Crippen LogP) is 3.86. The molecule has 0 amide bonds. The molecule has 0 fully saturated rings. The van der Waals surface area contributed by atoms with E-state index in [1.165, 1.54) is 0 Å². The number of benzene rings is 2. The second-order valence-corrected chi connectivity index (χ2v) is 4.88. The minimum Gasteiger partial charge on any atom is -0.491 e. The largest absolute Gasteiger partial charge is 0.491 e. The summed E-state index contributed by atoms with van der Waals surface area (Å²) in [7, 11) is 0. The topological polar surface area (TPSA) is 42.1 Å². The molecule has 3 aromatic rings. The van der Waals surface area contributed by atoms with Crippen molar-refractivity contribution in [2.24, 2.45) is 0 Å². The van der Waals surface area contributed by atoms with Gasteiger partial charge in [-0.05, 0) is 30.7 Å². The number of hydrogen-bond donors (Lipinski definition) is 1. The molecule has 0 spiro atoms. The van der Waals surface area contributed by atoms with Crippen LogP contribution in [0.3, 0.4) is 0 Å². The minimum absolute atomic E-state index is 0.0512. The summed E-state index contributed by atoms with van der Waals surface area (Å²) >= 11 is 0. The molecular weight excluding hydrogens is 250 g/mol. The lowest BCUT2D eigenvalue weighted by molar-refractivity contribution is 0.312. The molecule has 3 nitrogen and oxygen atoms in total. The summed E-state index contributed by atoms with van der Waals surface area (Å²) in [5, 5.41) is 1.39. The Labute approximate surface area is 117 Å². The summed E-state index contributed by atoms with van der Waals surface area (Å²) in [6.07, 6.45) is 2.10. The van der Waals surface area contributed by atoms with Gasteiger partial charge in [-0.2, -0.15) is 0 Å². The first-order valence-corrected chi connectivity index (χ1v) is 6.98. The van der Waals surface area contributed by atoms with E-state index in [9.17, 15) is 4.79 Å². The van der Waals surface area contributed by atoms with Crippen LogP contribution in [0.2, 0.25) is 0 Å². The van der Waals surface area contributed by atoms with Crippen LogP contribution in [0.5, 0.6) is 5.75 Å². The number of unbranched alkanes of at least 4 members (excludes halogenated alkanes) is 1. The Morgan fingerprint density at radius 3 is 2.70 bits per heavy atom. The van der Waals surface area contributed by atoms with Gasteiger partial charge in [-0.15, -0.1) is 0 Å². The number of para-hydroxylation sites is 2. The van der Waals surface area contributed by atoms with Crippen molar-refractivity contribution in [3.63, 3.8) is 0 Å². The van der Waals surface area contributed by atoms with E-state index in [4.69, 9.17) is 4.74 Å². The zero-order valence-electron chi connectivity index (χ0n) is 11.5. The molecule has 1 aromatic heterocycles. The lowest BCUT2D eigenvalue weighted by Crippen LogP contribution is -2.06. The van der Waals surface area contributed by atoms with Gasteiger partial charge in [0.1, 0.15) is 5.75 Å². The fourth-order valence-electron chi connectivity index (χ4n) is 2.37. The molecule has 2 aromatic carbocycles. The lowest BCUT2D eigenvalue weighted by Gasteiger charge is -2.09. The molecule has 1 N–H and O–H groups in total. The maximum atomic E-state index is 12.5. The summed E-state index contributed by atoms with van der Waals surface area (Å²) < 4.78 is 5.79. The first kappa shape index (κ1) is 12.7. The predicted molar refractivity (Wildman–Crippen MR) is 82.5 cm³/mol. The molecule has 3 rings (SSSR count). The summed E-state index contributed by atoms with van der Waals surface area (Å²) in [5.41, 5.74) is 1.68. The zero-order chi connectivity index (χ0) is 13.9. The molecule has 0 radical (unpaired) electrons. The van der Waals surface area contributed by atoms with Gasteiger partial charge in [-0.25, -0.2) is 0 Å². The summed E-state index contributed by atoms with van der Waals surface area (Å²) in [6.45, 7) is 2.80. The van der Waals surface area contributed by atoms with Crippen LogP contribution in [0.15, 0.2) is 47.3 Å². The monoisotopic (exact) mass is 267 g/mol. The van der Waals surface area contributed by atoms with E-state index in [0.29, 0.717) is 17.4 Å². The Kier molecular flexibility index (Phi) is 3.42. The molecule has 0 saturated heterocycles. The Hall–Kier alpha value is -2.29. The smallest absolute Gasteiger partial charge is 0.197 e. The summed E-state index contributed by atoms with van der Waals surface area (Å²) in [4.78, 5) is 15.8. The molecule has 1 heterocycles. The van der Waals surface area contributed by atoms with Gasteiger partial charge in [0.25, 0.3) is 0 Å². The number of hydrogen-bond acceptors (Lipinski definition) is 2. The van der Waals surface area contributed by atoms with Crippen LogP contribution in [-0.2, 0) is 0 Å². The molecular formula is C17H17NO2. The maximum absolute atomic E-state index is 12.5. The third-order valence-corrected chi connectivity index (χ3v) is 3.46. The van der Waals surface area contributed by atoms with Gasteiger partial charge in [-0.1, -0.05) is 31.5 Å². The highest BCUT2D eigenvalue weighted by Crippen LogP contribution is 2.24. The van der Waals surface area contributed by atoms with Crippen LogP contribution >= 0.6 is 0 Å². The number of aromatic amines is 1. The van der Waals surface area contributed by atoms with Crippen LogP contribution in [0.4, 0.5) is 0 Å². The number of rotatable bonds is 4. The van der Waals surface area contributed by atoms with Gasteiger partial charge in [0.15, 0.2) is 5.43 Å². The van der Waals surface area contributed by atoms with Crippen molar-refractivity contribution < 1.29 is 4.74 Å². The van der Waals surface area contributed by atoms with Crippen LogP contribution in [-0.4, -0.2) is 11.6 Å². The van der Waals surface area contributed by atoms with Gasteiger partial charge >= 0.3 is 0 Å². The van der Waals surface area contributed by atoms with E-state index >= 15 is 0 Å².